The highest BCUT2D eigenvalue weighted by Gasteiger charge is 2.46. The van der Waals surface area contributed by atoms with Gasteiger partial charge in [-0.05, 0) is 48.0 Å². The summed E-state index contributed by atoms with van der Waals surface area (Å²) in [4.78, 5) is 12.2. The van der Waals surface area contributed by atoms with Crippen molar-refractivity contribution in [3.05, 3.63) is 90.8 Å². The molecule has 0 fully saturated rings. The van der Waals surface area contributed by atoms with Crippen molar-refractivity contribution < 1.29 is 26.4 Å². The highest BCUT2D eigenvalue weighted by atomic mass is 32.2. The van der Waals surface area contributed by atoms with Gasteiger partial charge in [0, 0.05) is 23.0 Å². The molecule has 0 saturated heterocycles. The van der Waals surface area contributed by atoms with Crippen LogP contribution in [0.4, 0.5) is 18.9 Å². The standard InChI is InChI=1S/C22H15F3N2O3S/c23-22(24,25)31(29,30)18-11-9-16(10-12-18)26-21(28)20-19(15-6-2-1-3-7-15)14-17-8-4-5-13-27(17)20/h1-14H,(H,26,28). The highest BCUT2D eigenvalue weighted by molar-refractivity contribution is 7.92. The van der Waals surface area contributed by atoms with Crippen molar-refractivity contribution in [1.29, 1.82) is 0 Å². The number of nitrogens with zero attached hydrogens (tertiary/aromatic N) is 1. The number of fused-ring (bicyclic) bond motifs is 1. The van der Waals surface area contributed by atoms with E-state index in [2.05, 4.69) is 5.32 Å². The second-order valence-corrected chi connectivity index (χ2v) is 8.64. The molecule has 0 aliphatic rings. The lowest BCUT2D eigenvalue weighted by atomic mass is 10.1. The molecular formula is C22H15F3N2O3S. The molecule has 9 heteroatoms. The van der Waals surface area contributed by atoms with Crippen LogP contribution in [0.1, 0.15) is 10.5 Å². The number of hydrogen-bond donors (Lipinski definition) is 1. The van der Waals surface area contributed by atoms with E-state index >= 15 is 0 Å². The van der Waals surface area contributed by atoms with Gasteiger partial charge >= 0.3 is 5.51 Å². The molecule has 2 heterocycles. The molecule has 0 bridgehead atoms. The van der Waals surface area contributed by atoms with Crippen molar-refractivity contribution in [2.24, 2.45) is 0 Å². The maximum atomic E-state index is 13.1. The quantitative estimate of drug-likeness (QED) is 0.473. The van der Waals surface area contributed by atoms with E-state index in [-0.39, 0.29) is 5.69 Å². The van der Waals surface area contributed by atoms with Gasteiger partial charge in [-0.2, -0.15) is 13.2 Å². The van der Waals surface area contributed by atoms with Crippen molar-refractivity contribution >= 4 is 26.9 Å². The Morgan fingerprint density at radius 1 is 0.871 bits per heavy atom. The van der Waals surface area contributed by atoms with E-state index in [0.717, 1.165) is 35.3 Å². The zero-order chi connectivity index (χ0) is 22.2. The molecule has 31 heavy (non-hydrogen) atoms. The van der Waals surface area contributed by atoms with Crippen LogP contribution in [-0.2, 0) is 9.84 Å². The van der Waals surface area contributed by atoms with Crippen LogP contribution in [0.25, 0.3) is 16.6 Å². The molecule has 1 N–H and O–H groups in total. The molecule has 4 rings (SSSR count). The topological polar surface area (TPSA) is 67.7 Å². The van der Waals surface area contributed by atoms with Crippen molar-refractivity contribution in [3.8, 4) is 11.1 Å². The molecule has 1 amide bonds. The number of benzene rings is 2. The molecule has 0 spiro atoms. The first-order chi connectivity index (χ1) is 14.7. The van der Waals surface area contributed by atoms with Gasteiger partial charge in [0.25, 0.3) is 15.7 Å². The van der Waals surface area contributed by atoms with Crippen molar-refractivity contribution in [2.45, 2.75) is 10.4 Å². The van der Waals surface area contributed by atoms with Gasteiger partial charge in [-0.3, -0.25) is 4.79 Å². The van der Waals surface area contributed by atoms with Gasteiger partial charge in [0.2, 0.25) is 0 Å². The Morgan fingerprint density at radius 2 is 1.52 bits per heavy atom. The Morgan fingerprint density at radius 3 is 2.16 bits per heavy atom. The molecule has 5 nitrogen and oxygen atoms in total. The maximum absolute atomic E-state index is 13.1. The SMILES string of the molecule is O=C(Nc1ccc(S(=O)(=O)C(F)(F)F)cc1)c1c(-c2ccccc2)cc2ccccn12. The fourth-order valence-electron chi connectivity index (χ4n) is 3.23. The molecule has 0 aliphatic carbocycles. The third-order valence-electron chi connectivity index (χ3n) is 4.71. The molecule has 0 atom stereocenters. The van der Waals surface area contributed by atoms with Gasteiger partial charge in [-0.25, -0.2) is 8.42 Å². The van der Waals surface area contributed by atoms with Crippen LogP contribution in [0.5, 0.6) is 0 Å². The summed E-state index contributed by atoms with van der Waals surface area (Å²) in [5, 5.41) is 2.63. The fourth-order valence-corrected chi connectivity index (χ4v) is 4.00. The number of halogens is 3. The van der Waals surface area contributed by atoms with Gasteiger partial charge in [-0.1, -0.05) is 36.4 Å². The number of carbonyl (C=O) groups is 1. The second kappa shape index (κ2) is 7.59. The fraction of sp³-hybridized carbons (Fsp3) is 0.0455. The monoisotopic (exact) mass is 444 g/mol. The smallest absolute Gasteiger partial charge is 0.321 e. The zero-order valence-corrected chi connectivity index (χ0v) is 16.6. The number of alkyl halides is 3. The predicted octanol–water partition coefficient (Wildman–Crippen LogP) is 5.15. The van der Waals surface area contributed by atoms with E-state index in [1.165, 1.54) is 0 Å². The Kier molecular flexibility index (Phi) is 5.06. The van der Waals surface area contributed by atoms with E-state index in [1.807, 2.05) is 48.5 Å². The minimum absolute atomic E-state index is 0.163. The molecule has 2 aromatic heterocycles. The van der Waals surface area contributed by atoms with Crippen molar-refractivity contribution in [3.63, 3.8) is 0 Å². The molecule has 0 unspecified atom stereocenters. The summed E-state index contributed by atoms with van der Waals surface area (Å²) < 4.78 is 62.8. The molecular weight excluding hydrogens is 429 g/mol. The van der Waals surface area contributed by atoms with Crippen LogP contribution in [-0.4, -0.2) is 24.2 Å². The molecule has 4 aromatic rings. The third-order valence-corrected chi connectivity index (χ3v) is 6.21. The first-order valence-electron chi connectivity index (χ1n) is 9.07. The molecule has 2 aromatic carbocycles. The minimum Gasteiger partial charge on any atom is -0.321 e. The Hall–Kier alpha value is -3.59. The molecule has 0 aliphatic heterocycles. The van der Waals surface area contributed by atoms with Crippen LogP contribution < -0.4 is 5.32 Å². The van der Waals surface area contributed by atoms with E-state index in [1.54, 1.807) is 16.7 Å². The first-order valence-corrected chi connectivity index (χ1v) is 10.5. The van der Waals surface area contributed by atoms with E-state index in [9.17, 15) is 26.4 Å². The Bertz CT molecular complexity index is 1360. The van der Waals surface area contributed by atoms with Crippen molar-refractivity contribution in [2.75, 3.05) is 5.32 Å². The van der Waals surface area contributed by atoms with Crippen molar-refractivity contribution in [1.82, 2.24) is 4.40 Å². The molecule has 0 saturated carbocycles. The highest BCUT2D eigenvalue weighted by Crippen LogP contribution is 2.31. The normalized spacial score (nSPS) is 12.1. The number of hydrogen-bond acceptors (Lipinski definition) is 3. The number of carbonyl (C=O) groups excluding carboxylic acids is 1. The summed E-state index contributed by atoms with van der Waals surface area (Å²) >= 11 is 0. The maximum Gasteiger partial charge on any atom is 0.501 e. The Labute approximate surface area is 175 Å². The van der Waals surface area contributed by atoms with E-state index < -0.39 is 26.1 Å². The van der Waals surface area contributed by atoms with Crippen LogP contribution in [0.3, 0.4) is 0 Å². The lowest BCUT2D eigenvalue weighted by Gasteiger charge is -2.11. The van der Waals surface area contributed by atoms with Crippen LogP contribution in [0.15, 0.2) is 90.0 Å². The Balaban J connectivity index is 1.70. The third kappa shape index (κ3) is 3.79. The molecule has 158 valence electrons. The lowest BCUT2D eigenvalue weighted by molar-refractivity contribution is -0.0436. The number of anilines is 1. The summed E-state index contributed by atoms with van der Waals surface area (Å²) in [5.41, 5.74) is -2.60. The van der Waals surface area contributed by atoms with Crippen LogP contribution in [0, 0.1) is 0 Å². The number of rotatable bonds is 4. The number of amides is 1. The summed E-state index contributed by atoms with van der Waals surface area (Å²) in [7, 11) is -5.45. The van der Waals surface area contributed by atoms with Gasteiger partial charge in [0.1, 0.15) is 5.69 Å². The van der Waals surface area contributed by atoms with Gasteiger partial charge in [0.05, 0.1) is 4.90 Å². The second-order valence-electron chi connectivity index (χ2n) is 6.70. The first kappa shape index (κ1) is 20.7. The average Bonchev–Trinajstić information content (AvgIpc) is 3.14. The number of aromatic nitrogens is 1. The van der Waals surface area contributed by atoms with Gasteiger partial charge < -0.3 is 9.72 Å². The van der Waals surface area contributed by atoms with E-state index in [4.69, 9.17) is 0 Å². The van der Waals surface area contributed by atoms with Crippen LogP contribution in [0.2, 0.25) is 0 Å². The number of nitrogens with one attached hydrogen (secondary N) is 1. The summed E-state index contributed by atoms with van der Waals surface area (Å²) in [6.07, 6.45) is 1.73. The zero-order valence-electron chi connectivity index (χ0n) is 15.8. The average molecular weight is 444 g/mol. The summed E-state index contributed by atoms with van der Waals surface area (Å²) in [5.74, 6) is -0.489. The number of sulfone groups is 1. The minimum atomic E-state index is -5.45. The lowest BCUT2D eigenvalue weighted by Crippen LogP contribution is -2.23. The van der Waals surface area contributed by atoms with Gasteiger partial charge in [-0.15, -0.1) is 0 Å². The summed E-state index contributed by atoms with van der Waals surface area (Å²) in [6.45, 7) is 0. The molecule has 0 radical (unpaired) electrons. The number of pyridine rings is 1. The van der Waals surface area contributed by atoms with Gasteiger partial charge in [0.15, 0.2) is 0 Å². The largest absolute Gasteiger partial charge is 0.501 e. The summed E-state index contributed by atoms with van der Waals surface area (Å²) in [6, 6.07) is 20.5. The van der Waals surface area contributed by atoms with E-state index in [0.29, 0.717) is 11.3 Å². The predicted molar refractivity (Wildman–Crippen MR) is 110 cm³/mol. The van der Waals surface area contributed by atoms with Crippen LogP contribution >= 0.6 is 0 Å².